The third-order valence-electron chi connectivity index (χ3n) is 4.93. The van der Waals surface area contributed by atoms with Gasteiger partial charge in [0.15, 0.2) is 5.78 Å². The van der Waals surface area contributed by atoms with E-state index < -0.39 is 23.6 Å². The number of hydrogen-bond acceptors (Lipinski definition) is 5. The largest absolute Gasteiger partial charge is 0.508 e. The van der Waals surface area contributed by atoms with Crippen LogP contribution in [0.15, 0.2) is 23.0 Å². The number of carbonyl (C=O) groups excluding carboxylic acids is 2. The molecule has 0 bridgehead atoms. The highest BCUT2D eigenvalue weighted by atomic mass is 16.6. The highest BCUT2D eigenvalue weighted by Gasteiger charge is 2.50. The van der Waals surface area contributed by atoms with Crippen LogP contribution in [0.5, 0.6) is 0 Å². The number of aliphatic hydroxyl groups is 2. The standard InChI is InChI=1S/C16H22O5/c1-8-15(21-10(3)18)14(20)6-11-5-13(19)12(9(2)17)7-16(8,11)4/h5,8,14-15,19-20H,6-7H2,1-4H3/t8-,14-,15+,16+/m0/s1. The van der Waals surface area contributed by atoms with Crippen molar-refractivity contribution in [3.8, 4) is 0 Å². The predicted octanol–water partition coefficient (Wildman–Crippen LogP) is 2.06. The average molecular weight is 294 g/mol. The molecule has 116 valence electrons. The number of carbonyl (C=O) groups is 2. The number of fused-ring (bicyclic) bond motifs is 1. The maximum atomic E-state index is 11.7. The number of rotatable bonds is 2. The van der Waals surface area contributed by atoms with Gasteiger partial charge in [-0.25, -0.2) is 0 Å². The van der Waals surface area contributed by atoms with E-state index in [0.717, 1.165) is 5.57 Å². The molecule has 0 heterocycles. The molecule has 0 aromatic carbocycles. The molecule has 0 spiro atoms. The molecule has 2 rings (SSSR count). The van der Waals surface area contributed by atoms with E-state index in [1.807, 2.05) is 13.8 Å². The van der Waals surface area contributed by atoms with Crippen molar-refractivity contribution in [2.75, 3.05) is 0 Å². The number of Topliss-reactive ketones (excluding diaryl/α,β-unsaturated/α-hetero) is 1. The van der Waals surface area contributed by atoms with Crippen molar-refractivity contribution in [1.82, 2.24) is 0 Å². The second-order valence-electron chi connectivity index (χ2n) is 6.32. The Balaban J connectivity index is 2.40. The highest BCUT2D eigenvalue weighted by molar-refractivity contribution is 5.94. The first-order valence-electron chi connectivity index (χ1n) is 7.16. The number of aliphatic hydroxyl groups excluding tert-OH is 2. The molecule has 0 saturated heterocycles. The minimum atomic E-state index is -0.796. The summed E-state index contributed by atoms with van der Waals surface area (Å²) in [6.45, 7) is 6.64. The van der Waals surface area contributed by atoms with Gasteiger partial charge < -0.3 is 14.9 Å². The van der Waals surface area contributed by atoms with Crippen molar-refractivity contribution in [2.45, 2.75) is 52.7 Å². The maximum absolute atomic E-state index is 11.7. The highest BCUT2D eigenvalue weighted by Crippen LogP contribution is 2.52. The van der Waals surface area contributed by atoms with Crippen molar-refractivity contribution < 1.29 is 24.5 Å². The minimum Gasteiger partial charge on any atom is -0.508 e. The molecule has 5 nitrogen and oxygen atoms in total. The summed E-state index contributed by atoms with van der Waals surface area (Å²) in [5.74, 6) is -0.756. The molecule has 5 heteroatoms. The third-order valence-corrected chi connectivity index (χ3v) is 4.93. The van der Waals surface area contributed by atoms with E-state index in [-0.39, 0.29) is 17.5 Å². The Labute approximate surface area is 124 Å². The summed E-state index contributed by atoms with van der Waals surface area (Å²) in [5.41, 5.74) is 0.881. The molecule has 0 aliphatic heterocycles. The lowest BCUT2D eigenvalue weighted by atomic mass is 9.58. The van der Waals surface area contributed by atoms with E-state index in [2.05, 4.69) is 0 Å². The van der Waals surface area contributed by atoms with Crippen LogP contribution >= 0.6 is 0 Å². The summed E-state index contributed by atoms with van der Waals surface area (Å²) in [5, 5.41) is 20.2. The van der Waals surface area contributed by atoms with E-state index >= 15 is 0 Å². The van der Waals surface area contributed by atoms with Gasteiger partial charge in [-0.15, -0.1) is 0 Å². The molecule has 21 heavy (non-hydrogen) atoms. The number of esters is 1. The first-order chi connectivity index (χ1) is 9.66. The lowest BCUT2D eigenvalue weighted by Gasteiger charge is -2.49. The molecule has 2 aliphatic rings. The topological polar surface area (TPSA) is 83.8 Å². The zero-order valence-electron chi connectivity index (χ0n) is 12.8. The van der Waals surface area contributed by atoms with Crippen LogP contribution < -0.4 is 0 Å². The molecule has 0 unspecified atom stereocenters. The van der Waals surface area contributed by atoms with Crippen LogP contribution in [-0.2, 0) is 14.3 Å². The van der Waals surface area contributed by atoms with Gasteiger partial charge in [-0.05, 0) is 31.3 Å². The van der Waals surface area contributed by atoms with Crippen molar-refractivity contribution in [3.63, 3.8) is 0 Å². The Hall–Kier alpha value is -1.62. The second kappa shape index (κ2) is 5.30. The average Bonchev–Trinajstić information content (AvgIpc) is 2.37. The van der Waals surface area contributed by atoms with E-state index in [9.17, 15) is 19.8 Å². The summed E-state index contributed by atoms with van der Waals surface area (Å²) in [6, 6.07) is 0. The number of allylic oxidation sites excluding steroid dienone is 2. The smallest absolute Gasteiger partial charge is 0.303 e. The zero-order chi connectivity index (χ0) is 15.9. The summed E-state index contributed by atoms with van der Waals surface area (Å²) in [7, 11) is 0. The Morgan fingerprint density at radius 1 is 1.38 bits per heavy atom. The first-order valence-corrected chi connectivity index (χ1v) is 7.16. The molecule has 4 atom stereocenters. The molecule has 0 radical (unpaired) electrons. The van der Waals surface area contributed by atoms with Gasteiger partial charge in [-0.2, -0.15) is 0 Å². The zero-order valence-corrected chi connectivity index (χ0v) is 12.8. The monoisotopic (exact) mass is 294 g/mol. The van der Waals surface area contributed by atoms with Gasteiger partial charge in [0.1, 0.15) is 11.9 Å². The van der Waals surface area contributed by atoms with Crippen LogP contribution in [0.25, 0.3) is 0 Å². The Bertz CT molecular complexity index is 545. The first kappa shape index (κ1) is 15.8. The number of ether oxygens (including phenoxy) is 1. The Morgan fingerprint density at radius 2 is 2.00 bits per heavy atom. The summed E-state index contributed by atoms with van der Waals surface area (Å²) < 4.78 is 5.27. The maximum Gasteiger partial charge on any atom is 0.303 e. The van der Waals surface area contributed by atoms with Gasteiger partial charge in [0.2, 0.25) is 0 Å². The van der Waals surface area contributed by atoms with Crippen LogP contribution in [-0.4, -0.2) is 34.2 Å². The molecule has 2 N–H and O–H groups in total. The van der Waals surface area contributed by atoms with Crippen molar-refractivity contribution >= 4 is 11.8 Å². The molecule has 0 amide bonds. The van der Waals surface area contributed by atoms with Crippen LogP contribution in [0.3, 0.4) is 0 Å². The van der Waals surface area contributed by atoms with Gasteiger partial charge in [0.25, 0.3) is 0 Å². The summed E-state index contributed by atoms with van der Waals surface area (Å²) in [6.07, 6.45) is 0.914. The quantitative estimate of drug-likeness (QED) is 0.762. The van der Waals surface area contributed by atoms with Crippen molar-refractivity contribution in [3.05, 3.63) is 23.0 Å². The second-order valence-corrected chi connectivity index (χ2v) is 6.32. The molecule has 1 fully saturated rings. The molecule has 0 aromatic rings. The SMILES string of the molecule is CC(=O)O[C@H]1[C@@H](O)CC2=CC(O)=C(C(C)=O)C[C@]2(C)[C@H]1C. The van der Waals surface area contributed by atoms with Gasteiger partial charge in [-0.1, -0.05) is 19.4 Å². The van der Waals surface area contributed by atoms with E-state index in [1.165, 1.54) is 13.8 Å². The molecule has 2 aliphatic carbocycles. The fourth-order valence-corrected chi connectivity index (χ4v) is 3.45. The fraction of sp³-hybridized carbons (Fsp3) is 0.625. The third kappa shape index (κ3) is 2.62. The van der Waals surface area contributed by atoms with Crippen LogP contribution in [0.1, 0.15) is 40.5 Å². The minimum absolute atomic E-state index is 0.0136. The molecular weight excluding hydrogens is 272 g/mol. The lowest BCUT2D eigenvalue weighted by molar-refractivity contribution is -0.163. The normalized spacial score (nSPS) is 35.9. The molecule has 0 aromatic heterocycles. The number of ketones is 1. The number of hydrogen-bond donors (Lipinski definition) is 2. The predicted molar refractivity (Wildman–Crippen MR) is 76.5 cm³/mol. The van der Waals surface area contributed by atoms with E-state index in [4.69, 9.17) is 4.74 Å². The fourth-order valence-electron chi connectivity index (χ4n) is 3.45. The van der Waals surface area contributed by atoms with Gasteiger partial charge in [-0.3, -0.25) is 9.59 Å². The van der Waals surface area contributed by atoms with Crippen LogP contribution in [0.4, 0.5) is 0 Å². The van der Waals surface area contributed by atoms with E-state index in [1.54, 1.807) is 6.08 Å². The van der Waals surface area contributed by atoms with Crippen molar-refractivity contribution in [2.24, 2.45) is 11.3 Å². The summed E-state index contributed by atoms with van der Waals surface area (Å²) in [4.78, 5) is 22.9. The van der Waals surface area contributed by atoms with Crippen LogP contribution in [0.2, 0.25) is 0 Å². The molecule has 1 saturated carbocycles. The van der Waals surface area contributed by atoms with Gasteiger partial charge in [0, 0.05) is 18.4 Å². The summed E-state index contributed by atoms with van der Waals surface area (Å²) >= 11 is 0. The van der Waals surface area contributed by atoms with Gasteiger partial charge >= 0.3 is 5.97 Å². The van der Waals surface area contributed by atoms with Gasteiger partial charge in [0.05, 0.1) is 6.10 Å². The molecular formula is C16H22O5. The van der Waals surface area contributed by atoms with Crippen LogP contribution in [0, 0.1) is 11.3 Å². The lowest BCUT2D eigenvalue weighted by Crippen LogP contribution is -2.50. The Morgan fingerprint density at radius 3 is 2.52 bits per heavy atom. The van der Waals surface area contributed by atoms with Crippen molar-refractivity contribution in [1.29, 1.82) is 0 Å². The Kier molecular flexibility index (Phi) is 3.97. The van der Waals surface area contributed by atoms with E-state index in [0.29, 0.717) is 18.4 Å².